The summed E-state index contributed by atoms with van der Waals surface area (Å²) in [6.45, 7) is 1.88. The Morgan fingerprint density at radius 3 is 2.47 bits per heavy atom. The van der Waals surface area contributed by atoms with Crippen LogP contribution >= 0.6 is 0 Å². The van der Waals surface area contributed by atoms with Gasteiger partial charge in [0.25, 0.3) is 0 Å². The van der Waals surface area contributed by atoms with Gasteiger partial charge in [-0.25, -0.2) is 0 Å². The van der Waals surface area contributed by atoms with Crippen molar-refractivity contribution in [1.29, 1.82) is 0 Å². The van der Waals surface area contributed by atoms with Crippen LogP contribution in [0.15, 0.2) is 42.5 Å². The Hall–Kier alpha value is -1.90. The van der Waals surface area contributed by atoms with Crippen LogP contribution in [0.1, 0.15) is 12.5 Å². The Kier molecular flexibility index (Phi) is 4.29. The van der Waals surface area contributed by atoms with Gasteiger partial charge in [0.2, 0.25) is 5.91 Å². The summed E-state index contributed by atoms with van der Waals surface area (Å²) in [5.74, 6) is -0.390. The van der Waals surface area contributed by atoms with Crippen molar-refractivity contribution in [2.24, 2.45) is 0 Å². The zero-order valence-corrected chi connectivity index (χ0v) is 8.57. The van der Waals surface area contributed by atoms with E-state index in [1.807, 2.05) is 30.3 Å². The molecule has 0 saturated heterocycles. The lowest BCUT2D eigenvalue weighted by Gasteiger charge is -2.01. The number of carbonyl (C=O) groups is 2. The van der Waals surface area contributed by atoms with Crippen LogP contribution in [0.25, 0.3) is 0 Å². The first kappa shape index (κ1) is 11.2. The van der Waals surface area contributed by atoms with Gasteiger partial charge in [-0.2, -0.15) is 0 Å². The molecule has 0 saturated carbocycles. The molecule has 3 heteroatoms. The summed E-state index contributed by atoms with van der Waals surface area (Å²) in [4.78, 5) is 21.7. The van der Waals surface area contributed by atoms with Crippen molar-refractivity contribution in [3.8, 4) is 0 Å². The Morgan fingerprint density at radius 1 is 1.20 bits per heavy atom. The largest absolute Gasteiger partial charge is 0.348 e. The fraction of sp³-hybridized carbons (Fsp3) is 0.167. The smallest absolute Gasteiger partial charge is 0.244 e. The molecule has 78 valence electrons. The predicted octanol–water partition coefficient (Wildman–Crippen LogP) is 1.45. The Morgan fingerprint density at radius 2 is 1.87 bits per heavy atom. The molecule has 1 aromatic carbocycles. The highest BCUT2D eigenvalue weighted by atomic mass is 16.1. The van der Waals surface area contributed by atoms with E-state index in [2.05, 4.69) is 5.32 Å². The van der Waals surface area contributed by atoms with E-state index >= 15 is 0 Å². The normalized spacial score (nSPS) is 10.2. The van der Waals surface area contributed by atoms with E-state index in [0.717, 1.165) is 5.56 Å². The van der Waals surface area contributed by atoms with Crippen LogP contribution in [-0.2, 0) is 16.1 Å². The summed E-state index contributed by atoms with van der Waals surface area (Å²) < 4.78 is 0. The molecule has 1 N–H and O–H groups in total. The van der Waals surface area contributed by atoms with Gasteiger partial charge in [0.05, 0.1) is 0 Å². The molecule has 1 amide bonds. The predicted molar refractivity (Wildman–Crippen MR) is 58.1 cm³/mol. The molecule has 0 radical (unpaired) electrons. The van der Waals surface area contributed by atoms with Crippen molar-refractivity contribution < 1.29 is 9.59 Å². The lowest BCUT2D eigenvalue weighted by atomic mass is 10.2. The van der Waals surface area contributed by atoms with E-state index in [4.69, 9.17) is 0 Å². The Bertz CT molecular complexity index is 368. The van der Waals surface area contributed by atoms with Crippen molar-refractivity contribution in [2.75, 3.05) is 0 Å². The monoisotopic (exact) mass is 203 g/mol. The molecule has 0 aliphatic rings. The molecule has 0 atom stereocenters. The summed E-state index contributed by atoms with van der Waals surface area (Å²) in [7, 11) is 0. The molecule has 0 aliphatic heterocycles. The minimum absolute atomic E-state index is 0.134. The average molecular weight is 203 g/mol. The first-order valence-electron chi connectivity index (χ1n) is 4.69. The Balaban J connectivity index is 2.38. The second kappa shape index (κ2) is 5.75. The van der Waals surface area contributed by atoms with Crippen LogP contribution in [0.5, 0.6) is 0 Å². The van der Waals surface area contributed by atoms with Gasteiger partial charge in [-0.05, 0) is 18.6 Å². The maximum Gasteiger partial charge on any atom is 0.244 e. The SMILES string of the molecule is CC(=O)/C=C/C(=O)NCc1ccccc1. The zero-order chi connectivity index (χ0) is 11.1. The van der Waals surface area contributed by atoms with Gasteiger partial charge in [0.1, 0.15) is 0 Å². The third-order valence-electron chi connectivity index (χ3n) is 1.78. The number of carbonyl (C=O) groups excluding carboxylic acids is 2. The van der Waals surface area contributed by atoms with E-state index in [-0.39, 0.29) is 11.7 Å². The molecule has 0 bridgehead atoms. The lowest BCUT2D eigenvalue weighted by molar-refractivity contribution is -0.117. The van der Waals surface area contributed by atoms with Gasteiger partial charge in [0, 0.05) is 12.6 Å². The summed E-state index contributed by atoms with van der Waals surface area (Å²) in [5, 5.41) is 2.68. The summed E-state index contributed by atoms with van der Waals surface area (Å²) in [6.07, 6.45) is 2.49. The molecular weight excluding hydrogens is 190 g/mol. The maximum absolute atomic E-state index is 11.2. The third kappa shape index (κ3) is 4.76. The third-order valence-corrected chi connectivity index (χ3v) is 1.78. The minimum atomic E-state index is -0.256. The van der Waals surface area contributed by atoms with Gasteiger partial charge in [-0.1, -0.05) is 30.3 Å². The van der Waals surface area contributed by atoms with E-state index in [1.54, 1.807) is 0 Å². The molecule has 0 aliphatic carbocycles. The number of benzene rings is 1. The highest BCUT2D eigenvalue weighted by Crippen LogP contribution is 1.96. The van der Waals surface area contributed by atoms with Gasteiger partial charge in [-0.15, -0.1) is 0 Å². The first-order chi connectivity index (χ1) is 7.18. The highest BCUT2D eigenvalue weighted by Gasteiger charge is 1.95. The molecule has 1 aromatic rings. The molecule has 15 heavy (non-hydrogen) atoms. The minimum Gasteiger partial charge on any atom is -0.348 e. The van der Waals surface area contributed by atoms with Crippen LogP contribution in [0, 0.1) is 0 Å². The number of allylic oxidation sites excluding steroid dienone is 1. The fourth-order valence-corrected chi connectivity index (χ4v) is 1.04. The number of rotatable bonds is 4. The van der Waals surface area contributed by atoms with Crippen molar-refractivity contribution >= 4 is 11.7 Å². The second-order valence-corrected chi connectivity index (χ2v) is 3.15. The van der Waals surface area contributed by atoms with E-state index < -0.39 is 0 Å². The van der Waals surface area contributed by atoms with Gasteiger partial charge in [-0.3, -0.25) is 9.59 Å². The van der Waals surface area contributed by atoms with Crippen molar-refractivity contribution in [3.05, 3.63) is 48.0 Å². The van der Waals surface area contributed by atoms with Crippen LogP contribution in [0.2, 0.25) is 0 Å². The lowest BCUT2D eigenvalue weighted by Crippen LogP contribution is -2.20. The van der Waals surface area contributed by atoms with Crippen molar-refractivity contribution in [1.82, 2.24) is 5.32 Å². The first-order valence-corrected chi connectivity index (χ1v) is 4.69. The number of ketones is 1. The molecule has 0 unspecified atom stereocenters. The molecule has 0 fully saturated rings. The van der Waals surface area contributed by atoms with Gasteiger partial charge in [0.15, 0.2) is 5.78 Å². The maximum atomic E-state index is 11.2. The summed E-state index contributed by atoms with van der Waals surface area (Å²) in [6, 6.07) is 9.59. The molecule has 0 spiro atoms. The summed E-state index contributed by atoms with van der Waals surface area (Å²) in [5.41, 5.74) is 1.03. The van der Waals surface area contributed by atoms with Gasteiger partial charge < -0.3 is 5.32 Å². The van der Waals surface area contributed by atoms with E-state index in [0.29, 0.717) is 6.54 Å². The molecule has 0 aromatic heterocycles. The quantitative estimate of drug-likeness (QED) is 0.753. The van der Waals surface area contributed by atoms with E-state index in [1.165, 1.54) is 19.1 Å². The number of nitrogens with one attached hydrogen (secondary N) is 1. The second-order valence-electron chi connectivity index (χ2n) is 3.15. The molecule has 1 rings (SSSR count). The van der Waals surface area contributed by atoms with Crippen molar-refractivity contribution in [2.45, 2.75) is 13.5 Å². The standard InChI is InChI=1S/C12H13NO2/c1-10(14)7-8-12(15)13-9-11-5-3-2-4-6-11/h2-8H,9H2,1H3,(H,13,15)/b8-7+. The van der Waals surface area contributed by atoms with Crippen LogP contribution < -0.4 is 5.32 Å². The number of hydrogen-bond acceptors (Lipinski definition) is 2. The zero-order valence-electron chi connectivity index (χ0n) is 8.57. The highest BCUT2D eigenvalue weighted by molar-refractivity contribution is 5.96. The summed E-state index contributed by atoms with van der Waals surface area (Å²) >= 11 is 0. The average Bonchev–Trinajstić information content (AvgIpc) is 2.25. The molecule has 0 heterocycles. The van der Waals surface area contributed by atoms with Crippen LogP contribution in [-0.4, -0.2) is 11.7 Å². The molecular formula is C12H13NO2. The number of hydrogen-bond donors (Lipinski definition) is 1. The van der Waals surface area contributed by atoms with Crippen molar-refractivity contribution in [3.63, 3.8) is 0 Å². The molecule has 3 nitrogen and oxygen atoms in total. The number of amides is 1. The van der Waals surface area contributed by atoms with Gasteiger partial charge >= 0.3 is 0 Å². The fourth-order valence-electron chi connectivity index (χ4n) is 1.04. The topological polar surface area (TPSA) is 46.2 Å². The van der Waals surface area contributed by atoms with E-state index in [9.17, 15) is 9.59 Å². The Labute approximate surface area is 88.8 Å². The van der Waals surface area contributed by atoms with Crippen LogP contribution in [0.3, 0.4) is 0 Å². The van der Waals surface area contributed by atoms with Crippen LogP contribution in [0.4, 0.5) is 0 Å².